The maximum absolute atomic E-state index is 13.4. The third-order valence-electron chi connectivity index (χ3n) is 2.98. The third-order valence-corrected chi connectivity index (χ3v) is 2.98. The lowest BCUT2D eigenvalue weighted by atomic mass is 10.1. The average Bonchev–Trinajstić information content (AvgIpc) is 2.39. The second kappa shape index (κ2) is 5.80. The number of hydrogen-bond acceptors (Lipinski definition) is 2. The largest absolute Gasteiger partial charge is 0.508 e. The van der Waals surface area contributed by atoms with Gasteiger partial charge in [-0.05, 0) is 42.8 Å². The van der Waals surface area contributed by atoms with Crippen molar-refractivity contribution in [2.24, 2.45) is 0 Å². The minimum atomic E-state index is -0.455. The van der Waals surface area contributed by atoms with Crippen LogP contribution in [0.2, 0.25) is 0 Å². The molecule has 2 aromatic carbocycles. The van der Waals surface area contributed by atoms with Crippen LogP contribution in [0.1, 0.15) is 24.1 Å². The molecular formula is C15H15F2NO. The molecule has 4 heteroatoms. The van der Waals surface area contributed by atoms with Crippen molar-refractivity contribution < 1.29 is 13.9 Å². The van der Waals surface area contributed by atoms with Gasteiger partial charge in [0.25, 0.3) is 0 Å². The highest BCUT2D eigenvalue weighted by Gasteiger charge is 2.08. The molecule has 1 atom stereocenters. The average molecular weight is 263 g/mol. The number of rotatable bonds is 4. The second-order valence-corrected chi connectivity index (χ2v) is 4.43. The van der Waals surface area contributed by atoms with Gasteiger partial charge < -0.3 is 10.4 Å². The molecule has 0 aliphatic rings. The lowest BCUT2D eigenvalue weighted by Crippen LogP contribution is -2.18. The lowest BCUT2D eigenvalue weighted by Gasteiger charge is -2.15. The van der Waals surface area contributed by atoms with E-state index in [0.29, 0.717) is 0 Å². The monoisotopic (exact) mass is 263 g/mol. The van der Waals surface area contributed by atoms with Gasteiger partial charge in [0.15, 0.2) is 0 Å². The van der Waals surface area contributed by atoms with Crippen molar-refractivity contribution in [2.45, 2.75) is 19.5 Å². The zero-order valence-electron chi connectivity index (χ0n) is 10.5. The van der Waals surface area contributed by atoms with E-state index in [-0.39, 0.29) is 23.9 Å². The van der Waals surface area contributed by atoms with Crippen molar-refractivity contribution in [3.63, 3.8) is 0 Å². The van der Waals surface area contributed by atoms with Crippen molar-refractivity contribution in [2.75, 3.05) is 0 Å². The quantitative estimate of drug-likeness (QED) is 0.884. The van der Waals surface area contributed by atoms with Gasteiger partial charge in [-0.25, -0.2) is 8.78 Å². The minimum absolute atomic E-state index is 0.0743. The van der Waals surface area contributed by atoms with Gasteiger partial charge in [0, 0.05) is 18.2 Å². The fourth-order valence-electron chi connectivity index (χ4n) is 1.85. The van der Waals surface area contributed by atoms with Gasteiger partial charge >= 0.3 is 0 Å². The first kappa shape index (κ1) is 13.5. The molecule has 0 saturated carbocycles. The van der Waals surface area contributed by atoms with Crippen LogP contribution in [-0.2, 0) is 6.54 Å². The van der Waals surface area contributed by atoms with Crippen LogP contribution in [0.5, 0.6) is 5.75 Å². The van der Waals surface area contributed by atoms with Crippen LogP contribution >= 0.6 is 0 Å². The molecule has 0 fully saturated rings. The highest BCUT2D eigenvalue weighted by Crippen LogP contribution is 2.18. The molecule has 2 nitrogen and oxygen atoms in total. The fourth-order valence-corrected chi connectivity index (χ4v) is 1.85. The molecule has 2 aromatic rings. The molecule has 0 heterocycles. The summed E-state index contributed by atoms with van der Waals surface area (Å²) in [5.74, 6) is -0.705. The molecule has 0 spiro atoms. The zero-order chi connectivity index (χ0) is 13.8. The Kier molecular flexibility index (Phi) is 4.12. The molecule has 2 N–H and O–H groups in total. The Morgan fingerprint density at radius 2 is 1.95 bits per heavy atom. The molecule has 0 amide bonds. The van der Waals surface area contributed by atoms with Gasteiger partial charge in [-0.2, -0.15) is 0 Å². The highest BCUT2D eigenvalue weighted by molar-refractivity contribution is 5.29. The van der Waals surface area contributed by atoms with E-state index in [1.165, 1.54) is 6.07 Å². The first-order valence-electron chi connectivity index (χ1n) is 6.02. The van der Waals surface area contributed by atoms with Crippen molar-refractivity contribution in [3.05, 3.63) is 65.2 Å². The molecule has 0 saturated heterocycles. The summed E-state index contributed by atoms with van der Waals surface area (Å²) in [5.41, 5.74) is 1.17. The number of aromatic hydroxyl groups is 1. The van der Waals surface area contributed by atoms with E-state index in [4.69, 9.17) is 0 Å². The van der Waals surface area contributed by atoms with Crippen molar-refractivity contribution in [1.29, 1.82) is 0 Å². The predicted molar refractivity (Wildman–Crippen MR) is 69.7 cm³/mol. The van der Waals surface area contributed by atoms with E-state index in [1.54, 1.807) is 18.2 Å². The SMILES string of the molecule is CC(NCc1cc(F)ccc1F)c1cccc(O)c1. The number of phenolic OH excluding ortho intramolecular Hbond substituents is 1. The summed E-state index contributed by atoms with van der Waals surface area (Å²) in [6.07, 6.45) is 0. The summed E-state index contributed by atoms with van der Waals surface area (Å²) >= 11 is 0. The van der Waals surface area contributed by atoms with E-state index >= 15 is 0 Å². The Balaban J connectivity index is 2.04. The van der Waals surface area contributed by atoms with Gasteiger partial charge in [-0.3, -0.25) is 0 Å². The Morgan fingerprint density at radius 1 is 1.16 bits per heavy atom. The fraction of sp³-hybridized carbons (Fsp3) is 0.200. The molecule has 0 aliphatic carbocycles. The molecule has 19 heavy (non-hydrogen) atoms. The molecule has 2 rings (SSSR count). The minimum Gasteiger partial charge on any atom is -0.508 e. The number of phenols is 1. The molecule has 0 bridgehead atoms. The summed E-state index contributed by atoms with van der Waals surface area (Å²) in [7, 11) is 0. The number of benzene rings is 2. The van der Waals surface area contributed by atoms with E-state index in [2.05, 4.69) is 5.32 Å². The van der Waals surface area contributed by atoms with Gasteiger partial charge in [0.05, 0.1) is 0 Å². The molecule has 1 unspecified atom stereocenters. The van der Waals surface area contributed by atoms with Crippen LogP contribution < -0.4 is 5.32 Å². The van der Waals surface area contributed by atoms with E-state index < -0.39 is 11.6 Å². The summed E-state index contributed by atoms with van der Waals surface area (Å²) in [4.78, 5) is 0. The smallest absolute Gasteiger partial charge is 0.127 e. The summed E-state index contributed by atoms with van der Waals surface area (Å²) in [6.45, 7) is 2.12. The molecule has 0 radical (unpaired) electrons. The van der Waals surface area contributed by atoms with Gasteiger partial charge in [-0.15, -0.1) is 0 Å². The topological polar surface area (TPSA) is 32.3 Å². The van der Waals surface area contributed by atoms with Crippen molar-refractivity contribution in [3.8, 4) is 5.75 Å². The van der Waals surface area contributed by atoms with Crippen LogP contribution in [0.3, 0.4) is 0 Å². The summed E-state index contributed by atoms with van der Waals surface area (Å²) in [5, 5.41) is 12.5. The Morgan fingerprint density at radius 3 is 2.68 bits per heavy atom. The zero-order valence-corrected chi connectivity index (χ0v) is 10.5. The van der Waals surface area contributed by atoms with E-state index in [0.717, 1.165) is 17.7 Å². The summed E-state index contributed by atoms with van der Waals surface area (Å²) in [6, 6.07) is 10.1. The standard InChI is InChI=1S/C15H15F2NO/c1-10(11-3-2-4-14(19)8-11)18-9-12-7-13(16)5-6-15(12)17/h2-8,10,18-19H,9H2,1H3. The molecule has 0 aliphatic heterocycles. The second-order valence-electron chi connectivity index (χ2n) is 4.43. The Bertz CT molecular complexity index is 572. The molecule has 0 aromatic heterocycles. The van der Waals surface area contributed by atoms with Crippen molar-refractivity contribution in [1.82, 2.24) is 5.32 Å². The Hall–Kier alpha value is -1.94. The van der Waals surface area contributed by atoms with Gasteiger partial charge in [-0.1, -0.05) is 12.1 Å². The normalized spacial score (nSPS) is 12.4. The summed E-state index contributed by atoms with van der Waals surface area (Å²) < 4.78 is 26.5. The highest BCUT2D eigenvalue weighted by atomic mass is 19.1. The number of nitrogens with one attached hydrogen (secondary N) is 1. The van der Waals surface area contributed by atoms with Crippen LogP contribution in [0, 0.1) is 11.6 Å². The Labute approximate surface area is 110 Å². The van der Waals surface area contributed by atoms with Crippen LogP contribution in [0.4, 0.5) is 8.78 Å². The van der Waals surface area contributed by atoms with E-state index in [9.17, 15) is 13.9 Å². The maximum Gasteiger partial charge on any atom is 0.127 e. The number of halogens is 2. The molecular weight excluding hydrogens is 248 g/mol. The lowest BCUT2D eigenvalue weighted by molar-refractivity contribution is 0.471. The maximum atomic E-state index is 13.4. The van der Waals surface area contributed by atoms with Crippen LogP contribution in [0.25, 0.3) is 0 Å². The predicted octanol–water partition coefficient (Wildman–Crippen LogP) is 3.52. The first-order valence-corrected chi connectivity index (χ1v) is 6.02. The van der Waals surface area contributed by atoms with Crippen molar-refractivity contribution >= 4 is 0 Å². The van der Waals surface area contributed by atoms with Crippen LogP contribution in [0.15, 0.2) is 42.5 Å². The van der Waals surface area contributed by atoms with Gasteiger partial charge in [0.1, 0.15) is 17.4 Å². The first-order chi connectivity index (χ1) is 9.06. The third kappa shape index (κ3) is 3.51. The molecule has 100 valence electrons. The van der Waals surface area contributed by atoms with Crippen LogP contribution in [-0.4, -0.2) is 5.11 Å². The number of hydrogen-bond donors (Lipinski definition) is 2. The van der Waals surface area contributed by atoms with Gasteiger partial charge in [0.2, 0.25) is 0 Å². The van der Waals surface area contributed by atoms with E-state index in [1.807, 2.05) is 13.0 Å².